The van der Waals surface area contributed by atoms with E-state index in [1.807, 2.05) is 71.1 Å². The van der Waals surface area contributed by atoms with E-state index < -0.39 is 72.2 Å². The molecule has 2 saturated heterocycles. The molecule has 14 nitrogen and oxygen atoms in total. The van der Waals surface area contributed by atoms with Crippen LogP contribution in [-0.4, -0.2) is 137 Å². The van der Waals surface area contributed by atoms with Crippen molar-refractivity contribution in [2.24, 2.45) is 29.6 Å². The zero-order chi connectivity index (χ0) is 47.3. The molecule has 4 N–H and O–H groups in total. The van der Waals surface area contributed by atoms with Crippen molar-refractivity contribution in [2.45, 2.75) is 186 Å². The Morgan fingerprint density at radius 2 is 1.55 bits per heavy atom. The molecular formula is C50H79NO13. The molecule has 15 atom stereocenters. The van der Waals surface area contributed by atoms with Crippen molar-refractivity contribution in [1.29, 1.82) is 0 Å². The highest BCUT2D eigenvalue weighted by Gasteiger charge is 2.54. The lowest BCUT2D eigenvalue weighted by atomic mass is 9.78. The van der Waals surface area contributed by atoms with Crippen molar-refractivity contribution in [1.82, 2.24) is 4.90 Å². The second-order valence-electron chi connectivity index (χ2n) is 19.3. The van der Waals surface area contributed by atoms with Crippen LogP contribution in [0.4, 0.5) is 0 Å². The van der Waals surface area contributed by atoms with E-state index in [4.69, 9.17) is 23.7 Å². The number of allylic oxidation sites excluding steroid dienone is 6. The van der Waals surface area contributed by atoms with Crippen molar-refractivity contribution < 1.29 is 63.3 Å². The van der Waals surface area contributed by atoms with E-state index in [1.165, 1.54) is 7.11 Å². The monoisotopic (exact) mass is 902 g/mol. The predicted molar refractivity (Wildman–Crippen MR) is 242 cm³/mol. The highest BCUT2D eigenvalue weighted by molar-refractivity contribution is 6.39. The van der Waals surface area contributed by atoms with Crippen LogP contribution in [-0.2, 0) is 42.9 Å². The minimum atomic E-state index is -2.82. The molecule has 14 heteroatoms. The Hall–Kier alpha value is -3.08. The van der Waals surface area contributed by atoms with Crippen LogP contribution in [0.1, 0.15) is 125 Å². The molecule has 1 amide bonds. The zero-order valence-corrected chi connectivity index (χ0v) is 39.9. The summed E-state index contributed by atoms with van der Waals surface area (Å²) in [7, 11) is 4.57. The molecule has 2 bridgehead atoms. The number of nitrogens with zero attached hydrogens (tertiary/aromatic N) is 1. The van der Waals surface area contributed by atoms with Crippen LogP contribution in [0.2, 0.25) is 0 Å². The van der Waals surface area contributed by atoms with Gasteiger partial charge in [-0.15, -0.1) is 0 Å². The standard InChI is InChI=1S/C50H79NO13/c1-30-15-11-10-12-16-32(3)41(60-7)29-37-20-23-43(53)50(59,64-37)47(56)48(57)51-24-14-13-17-38(51)49(58)63-40(33(4)27-36-19-21-39(52)42(28-36)61-8)22-18-31(2)26-35(6)45(55)46(62-9)44(54)34(5)25-30/h10-12,15-16,26,30-31,33-34,36-43,45-46,52-53,55,59H,13-14,17-25,27-29H2,1-9H3/b12-10?,15-11+,32-16?,35-26+/t30-,31+,33-,34-,36+,37+,38+,39-,40+,41+,42-,43-,45-,46+,50+/m1/s1. The fourth-order valence-electron chi connectivity index (χ4n) is 10.1. The number of hydrogen-bond acceptors (Lipinski definition) is 13. The van der Waals surface area contributed by atoms with Crippen LogP contribution in [0.25, 0.3) is 0 Å². The average molecular weight is 902 g/mol. The maximum Gasteiger partial charge on any atom is 0.329 e. The maximum atomic E-state index is 14.3. The van der Waals surface area contributed by atoms with Crippen LogP contribution in [0, 0.1) is 29.6 Å². The summed E-state index contributed by atoms with van der Waals surface area (Å²) in [4.78, 5) is 57.3. The average Bonchev–Trinajstić information content (AvgIpc) is 3.27. The van der Waals surface area contributed by atoms with Crippen molar-refractivity contribution in [3.8, 4) is 0 Å². The number of aliphatic hydroxyl groups is 4. The molecule has 0 aromatic rings. The lowest BCUT2D eigenvalue weighted by Gasteiger charge is -2.42. The number of hydrogen-bond donors (Lipinski definition) is 4. The quantitative estimate of drug-likeness (QED) is 0.144. The van der Waals surface area contributed by atoms with E-state index in [-0.39, 0.29) is 67.3 Å². The molecule has 4 rings (SSSR count). The molecule has 4 aliphatic rings. The summed E-state index contributed by atoms with van der Waals surface area (Å²) in [5.41, 5.74) is 1.43. The van der Waals surface area contributed by atoms with Crippen molar-refractivity contribution in [3.63, 3.8) is 0 Å². The summed E-state index contributed by atoms with van der Waals surface area (Å²) in [5, 5.41) is 44.6. The van der Waals surface area contributed by atoms with Gasteiger partial charge in [0.2, 0.25) is 0 Å². The predicted octanol–water partition coefficient (Wildman–Crippen LogP) is 5.73. The van der Waals surface area contributed by atoms with E-state index in [9.17, 15) is 39.6 Å². The molecule has 0 unspecified atom stereocenters. The Balaban J connectivity index is 1.67. The molecule has 1 aliphatic carbocycles. The first-order valence-electron chi connectivity index (χ1n) is 23.7. The van der Waals surface area contributed by atoms with Crippen molar-refractivity contribution >= 4 is 23.4 Å². The number of rotatable bonds is 6. The summed E-state index contributed by atoms with van der Waals surface area (Å²) in [6, 6.07) is -1.10. The largest absolute Gasteiger partial charge is 0.461 e. The SMILES string of the molecule is CO[C@H]1C[C@@H]2CC[C@@H](O)[C@](O)(O2)C(=O)C(=O)N2CCCC[C@H]2C(=O)O[C@H]([C@H](C)C[C@@H]2CC[C@@H](O)[C@H](OC)C2)CC[C@H](C)/C=C(\C)[C@@H](O)[C@@H](OC)C(=O)[C@H](C)C[C@H](C)/C=C/C=CC=C1C. The number of cyclic esters (lactones) is 1. The number of carbonyl (C=O) groups excluding carboxylic acids is 4. The number of methoxy groups -OCH3 is 3. The van der Waals surface area contributed by atoms with Gasteiger partial charge in [0.25, 0.3) is 17.5 Å². The van der Waals surface area contributed by atoms with Crippen LogP contribution in [0.5, 0.6) is 0 Å². The van der Waals surface area contributed by atoms with Crippen molar-refractivity contribution in [2.75, 3.05) is 27.9 Å². The van der Waals surface area contributed by atoms with E-state index >= 15 is 0 Å². The van der Waals surface area contributed by atoms with Gasteiger partial charge < -0.3 is 49.0 Å². The van der Waals surface area contributed by atoms with Gasteiger partial charge in [0.05, 0.1) is 24.4 Å². The second-order valence-corrected chi connectivity index (χ2v) is 19.3. The molecule has 3 aliphatic heterocycles. The molecule has 0 aromatic heterocycles. The summed E-state index contributed by atoms with van der Waals surface area (Å²) in [6.45, 7) is 11.6. The maximum absolute atomic E-state index is 14.3. The Bertz CT molecular complexity index is 1680. The number of fused-ring (bicyclic) bond motifs is 3. The third-order valence-corrected chi connectivity index (χ3v) is 14.1. The Labute approximate surface area is 381 Å². The highest BCUT2D eigenvalue weighted by Crippen LogP contribution is 2.36. The van der Waals surface area contributed by atoms with E-state index in [0.717, 1.165) is 16.9 Å². The summed E-state index contributed by atoms with van der Waals surface area (Å²) < 4.78 is 29.3. The van der Waals surface area contributed by atoms with Gasteiger partial charge in [-0.3, -0.25) is 14.4 Å². The van der Waals surface area contributed by atoms with Gasteiger partial charge in [-0.05, 0) is 126 Å². The fraction of sp³-hybridized carbons (Fsp3) is 0.760. The summed E-state index contributed by atoms with van der Waals surface area (Å²) >= 11 is 0. The summed E-state index contributed by atoms with van der Waals surface area (Å²) in [5.74, 6) is -6.47. The first-order chi connectivity index (χ1) is 30.3. The number of Topliss-reactive ketones (excluding diaryl/α,β-unsaturated/α-hetero) is 2. The van der Waals surface area contributed by atoms with E-state index in [1.54, 1.807) is 21.1 Å². The molecule has 0 radical (unpaired) electrons. The van der Waals surface area contributed by atoms with E-state index in [2.05, 4.69) is 0 Å². The van der Waals surface area contributed by atoms with Crippen LogP contribution < -0.4 is 0 Å². The number of piperidine rings is 1. The summed E-state index contributed by atoms with van der Waals surface area (Å²) in [6.07, 6.45) is 11.2. The van der Waals surface area contributed by atoms with Crippen molar-refractivity contribution in [3.05, 3.63) is 47.6 Å². The Kier molecular flexibility index (Phi) is 21.0. The third-order valence-electron chi connectivity index (χ3n) is 14.1. The molecule has 3 heterocycles. The first-order valence-corrected chi connectivity index (χ1v) is 23.7. The van der Waals surface area contributed by atoms with Gasteiger partial charge in [-0.2, -0.15) is 0 Å². The molecule has 1 saturated carbocycles. The normalized spacial score (nSPS) is 39.5. The van der Waals surface area contributed by atoms with Gasteiger partial charge >= 0.3 is 5.97 Å². The van der Waals surface area contributed by atoms with Gasteiger partial charge in [-0.25, -0.2) is 4.79 Å². The number of esters is 1. The number of ether oxygens (including phenoxy) is 5. The lowest BCUT2D eigenvalue weighted by molar-refractivity contribution is -0.282. The zero-order valence-electron chi connectivity index (χ0n) is 39.9. The number of aliphatic hydroxyl groups excluding tert-OH is 3. The second kappa shape index (κ2) is 25.2. The lowest BCUT2D eigenvalue weighted by Crippen LogP contribution is -2.63. The molecule has 0 spiro atoms. The molecule has 3 fully saturated rings. The highest BCUT2D eigenvalue weighted by atomic mass is 16.7. The Morgan fingerprint density at radius 3 is 2.23 bits per heavy atom. The van der Waals surface area contributed by atoms with Crippen LogP contribution in [0.3, 0.4) is 0 Å². The topological polar surface area (TPSA) is 199 Å². The smallest absolute Gasteiger partial charge is 0.329 e. The molecule has 362 valence electrons. The number of carbonyl (C=O) groups is 4. The Morgan fingerprint density at radius 1 is 0.812 bits per heavy atom. The first kappa shape index (κ1) is 53.5. The van der Waals surface area contributed by atoms with Gasteiger partial charge in [0, 0.05) is 40.2 Å². The third kappa shape index (κ3) is 14.2. The van der Waals surface area contributed by atoms with Gasteiger partial charge in [0.1, 0.15) is 30.5 Å². The number of ketones is 2. The van der Waals surface area contributed by atoms with Crippen LogP contribution in [0.15, 0.2) is 47.6 Å². The molecular weight excluding hydrogens is 823 g/mol. The minimum Gasteiger partial charge on any atom is -0.461 e. The minimum absolute atomic E-state index is 0.000815. The molecule has 64 heavy (non-hydrogen) atoms. The van der Waals surface area contributed by atoms with Gasteiger partial charge in [-0.1, -0.05) is 64.2 Å². The van der Waals surface area contributed by atoms with E-state index in [0.29, 0.717) is 63.4 Å². The van der Waals surface area contributed by atoms with Crippen LogP contribution >= 0.6 is 0 Å². The fourth-order valence-corrected chi connectivity index (χ4v) is 10.1. The number of amides is 1. The molecule has 0 aromatic carbocycles. The van der Waals surface area contributed by atoms with Gasteiger partial charge in [0.15, 0.2) is 5.78 Å².